The van der Waals surface area contributed by atoms with Crippen LogP contribution in [0.25, 0.3) is 0 Å². The second kappa shape index (κ2) is 6.48. The van der Waals surface area contributed by atoms with Crippen LogP contribution in [0.5, 0.6) is 5.75 Å². The molecule has 0 spiro atoms. The first-order chi connectivity index (χ1) is 9.60. The predicted molar refractivity (Wildman–Crippen MR) is 82.2 cm³/mol. The number of amides is 1. The molecule has 2 N–H and O–H groups in total. The Labute approximate surface area is 123 Å². The van der Waals surface area contributed by atoms with Crippen molar-refractivity contribution < 1.29 is 9.90 Å². The van der Waals surface area contributed by atoms with E-state index >= 15 is 0 Å². The maximum absolute atomic E-state index is 12.0. The van der Waals surface area contributed by atoms with E-state index < -0.39 is 0 Å². The van der Waals surface area contributed by atoms with Crippen LogP contribution in [0.4, 0.5) is 0 Å². The molecule has 2 aromatic carbocycles. The smallest absolute Gasteiger partial charge is 0.255 e. The first-order valence-corrected chi connectivity index (χ1v) is 7.53. The monoisotopic (exact) mass is 287 g/mol. The van der Waals surface area contributed by atoms with Gasteiger partial charge < -0.3 is 10.4 Å². The van der Waals surface area contributed by atoms with E-state index in [2.05, 4.69) is 5.32 Å². The maximum Gasteiger partial charge on any atom is 0.255 e. The molecule has 0 heterocycles. The lowest BCUT2D eigenvalue weighted by atomic mass is 10.1. The number of carbonyl (C=O) groups excluding carboxylic acids is 1. The zero-order valence-corrected chi connectivity index (χ0v) is 12.3. The molecule has 20 heavy (non-hydrogen) atoms. The van der Waals surface area contributed by atoms with Gasteiger partial charge in [0.2, 0.25) is 0 Å². The van der Waals surface area contributed by atoms with Gasteiger partial charge in [0.1, 0.15) is 5.75 Å². The fourth-order valence-electron chi connectivity index (χ4n) is 1.85. The summed E-state index contributed by atoms with van der Waals surface area (Å²) < 4.78 is 0. The number of benzene rings is 2. The van der Waals surface area contributed by atoms with Crippen molar-refractivity contribution in [3.8, 4) is 5.75 Å². The molecule has 0 saturated carbocycles. The van der Waals surface area contributed by atoms with Crippen molar-refractivity contribution >= 4 is 17.7 Å². The Bertz CT molecular complexity index is 608. The number of nitrogens with one attached hydrogen (secondary N) is 1. The minimum absolute atomic E-state index is 0.0141. The van der Waals surface area contributed by atoms with Crippen molar-refractivity contribution in [2.45, 2.75) is 18.4 Å². The molecule has 0 atom stereocenters. The second-order valence-electron chi connectivity index (χ2n) is 4.55. The molecule has 3 nitrogen and oxygen atoms in total. The number of thioether (sulfide) groups is 1. The van der Waals surface area contributed by atoms with Crippen LogP contribution in [0.2, 0.25) is 0 Å². The van der Waals surface area contributed by atoms with Crippen LogP contribution in [-0.2, 0) is 6.54 Å². The molecule has 4 heteroatoms. The molecule has 1 amide bonds. The highest BCUT2D eigenvalue weighted by Gasteiger charge is 2.10. The summed E-state index contributed by atoms with van der Waals surface area (Å²) in [5.74, 6) is -0.253. The van der Waals surface area contributed by atoms with E-state index in [1.807, 2.05) is 43.5 Å². The van der Waals surface area contributed by atoms with Crippen molar-refractivity contribution in [2.75, 3.05) is 6.26 Å². The highest BCUT2D eigenvalue weighted by molar-refractivity contribution is 7.98. The zero-order valence-electron chi connectivity index (χ0n) is 11.5. The molecular weight excluding hydrogens is 270 g/mol. The molecule has 0 unspecified atom stereocenters. The average Bonchev–Trinajstić information content (AvgIpc) is 2.45. The lowest BCUT2D eigenvalue weighted by molar-refractivity contribution is 0.0948. The minimum Gasteiger partial charge on any atom is -0.507 e. The molecule has 0 saturated heterocycles. The van der Waals surface area contributed by atoms with Crippen molar-refractivity contribution in [3.63, 3.8) is 0 Å². The summed E-state index contributed by atoms with van der Waals surface area (Å²) in [6.45, 7) is 2.31. The van der Waals surface area contributed by atoms with Gasteiger partial charge >= 0.3 is 0 Å². The van der Waals surface area contributed by atoms with Crippen LogP contribution in [-0.4, -0.2) is 17.3 Å². The van der Waals surface area contributed by atoms with Gasteiger partial charge in [-0.15, -0.1) is 11.8 Å². The Hall–Kier alpha value is -1.94. The number of carbonyl (C=O) groups is 1. The van der Waals surface area contributed by atoms with E-state index in [1.54, 1.807) is 23.9 Å². The highest BCUT2D eigenvalue weighted by Crippen LogP contribution is 2.18. The molecule has 0 aromatic heterocycles. The normalized spacial score (nSPS) is 10.3. The molecule has 0 radical (unpaired) electrons. The van der Waals surface area contributed by atoms with Gasteiger partial charge in [-0.1, -0.05) is 18.2 Å². The molecule has 0 aliphatic rings. The van der Waals surface area contributed by atoms with Gasteiger partial charge in [0.25, 0.3) is 5.91 Å². The third-order valence-corrected chi connectivity index (χ3v) is 3.75. The topological polar surface area (TPSA) is 49.3 Å². The number of rotatable bonds is 4. The quantitative estimate of drug-likeness (QED) is 0.848. The number of aromatic hydroxyl groups is 1. The van der Waals surface area contributed by atoms with E-state index in [1.165, 1.54) is 4.90 Å². The molecule has 2 rings (SSSR count). The summed E-state index contributed by atoms with van der Waals surface area (Å²) >= 11 is 1.68. The standard InChI is InChI=1S/C16H17NO2S/c1-11-3-8-14(15(18)9-11)16(19)17-10-12-4-6-13(20-2)7-5-12/h3-9,18H,10H2,1-2H3,(H,17,19). The van der Waals surface area contributed by atoms with E-state index in [9.17, 15) is 9.90 Å². The van der Waals surface area contributed by atoms with Crippen molar-refractivity contribution in [1.82, 2.24) is 5.32 Å². The third-order valence-electron chi connectivity index (χ3n) is 3.01. The van der Waals surface area contributed by atoms with Crippen LogP contribution < -0.4 is 5.32 Å². The van der Waals surface area contributed by atoms with Gasteiger partial charge in [0, 0.05) is 11.4 Å². The van der Waals surface area contributed by atoms with E-state index in [0.29, 0.717) is 12.1 Å². The van der Waals surface area contributed by atoms with Crippen LogP contribution in [0.15, 0.2) is 47.4 Å². The molecule has 0 aliphatic carbocycles. The summed E-state index contributed by atoms with van der Waals surface area (Å²) in [5, 5.41) is 12.6. The molecule has 0 aliphatic heterocycles. The molecule has 2 aromatic rings. The number of hydrogen-bond acceptors (Lipinski definition) is 3. The van der Waals surface area contributed by atoms with Crippen molar-refractivity contribution in [2.24, 2.45) is 0 Å². The van der Waals surface area contributed by atoms with E-state index in [-0.39, 0.29) is 11.7 Å². The first kappa shape index (κ1) is 14.5. The molecule has 0 bridgehead atoms. The predicted octanol–water partition coefficient (Wildman–Crippen LogP) is 3.35. The van der Waals surface area contributed by atoms with Crippen LogP contribution in [0.3, 0.4) is 0 Å². The summed E-state index contributed by atoms with van der Waals surface area (Å²) in [5.41, 5.74) is 2.26. The van der Waals surface area contributed by atoms with Crippen LogP contribution >= 0.6 is 11.8 Å². The number of aryl methyl sites for hydroxylation is 1. The highest BCUT2D eigenvalue weighted by atomic mass is 32.2. The number of hydrogen-bond donors (Lipinski definition) is 2. The Morgan fingerprint density at radius 1 is 1.20 bits per heavy atom. The second-order valence-corrected chi connectivity index (χ2v) is 5.43. The zero-order chi connectivity index (χ0) is 14.5. The Morgan fingerprint density at radius 2 is 1.90 bits per heavy atom. The summed E-state index contributed by atoms with van der Waals surface area (Å²) in [4.78, 5) is 13.2. The fourth-order valence-corrected chi connectivity index (χ4v) is 2.26. The number of phenols is 1. The largest absolute Gasteiger partial charge is 0.507 e. The SMILES string of the molecule is CSc1ccc(CNC(=O)c2ccc(C)cc2O)cc1. The lowest BCUT2D eigenvalue weighted by Gasteiger charge is -2.08. The van der Waals surface area contributed by atoms with Crippen LogP contribution in [0, 0.1) is 6.92 Å². The van der Waals surface area contributed by atoms with Gasteiger partial charge in [0.15, 0.2) is 0 Å². The van der Waals surface area contributed by atoms with Gasteiger partial charge in [-0.05, 0) is 48.6 Å². The van der Waals surface area contributed by atoms with Gasteiger partial charge in [-0.2, -0.15) is 0 Å². The van der Waals surface area contributed by atoms with Crippen LogP contribution in [0.1, 0.15) is 21.5 Å². The molecule has 104 valence electrons. The van der Waals surface area contributed by atoms with Gasteiger partial charge in [0.05, 0.1) is 5.56 Å². The maximum atomic E-state index is 12.0. The average molecular weight is 287 g/mol. The van der Waals surface area contributed by atoms with E-state index in [4.69, 9.17) is 0 Å². The minimum atomic E-state index is -0.267. The van der Waals surface area contributed by atoms with Crippen molar-refractivity contribution in [1.29, 1.82) is 0 Å². The van der Waals surface area contributed by atoms with Crippen molar-refractivity contribution in [3.05, 3.63) is 59.2 Å². The van der Waals surface area contributed by atoms with E-state index in [0.717, 1.165) is 11.1 Å². The first-order valence-electron chi connectivity index (χ1n) is 6.31. The number of phenolic OH excluding ortho intramolecular Hbond substituents is 1. The van der Waals surface area contributed by atoms with Gasteiger partial charge in [-0.3, -0.25) is 4.79 Å². The Kier molecular flexibility index (Phi) is 4.69. The summed E-state index contributed by atoms with van der Waals surface area (Å²) in [7, 11) is 0. The fraction of sp³-hybridized carbons (Fsp3) is 0.188. The Balaban J connectivity index is 2.00. The Morgan fingerprint density at radius 3 is 2.50 bits per heavy atom. The lowest BCUT2D eigenvalue weighted by Crippen LogP contribution is -2.22. The molecule has 0 fully saturated rings. The van der Waals surface area contributed by atoms with Gasteiger partial charge in [-0.25, -0.2) is 0 Å². The molecular formula is C16H17NO2S. The third kappa shape index (κ3) is 3.54. The summed E-state index contributed by atoms with van der Waals surface area (Å²) in [6.07, 6.45) is 2.02. The summed E-state index contributed by atoms with van der Waals surface area (Å²) in [6, 6.07) is 13.0.